The standard InChI is InChI=1S/C6H15ClN2O4S2/c7-3-1-2-5-15(12,13)9-4-6-14(8,10)11/h9H,1-6H2,(H2,8,10,11). The summed E-state index contributed by atoms with van der Waals surface area (Å²) in [5.41, 5.74) is 0. The maximum Gasteiger partial charge on any atom is 0.211 e. The minimum Gasteiger partial charge on any atom is -0.229 e. The van der Waals surface area contributed by atoms with Crippen molar-refractivity contribution in [2.24, 2.45) is 5.14 Å². The van der Waals surface area contributed by atoms with E-state index in [9.17, 15) is 16.8 Å². The van der Waals surface area contributed by atoms with Gasteiger partial charge >= 0.3 is 0 Å². The van der Waals surface area contributed by atoms with Crippen molar-refractivity contribution >= 4 is 31.6 Å². The number of hydrogen-bond donors (Lipinski definition) is 2. The van der Waals surface area contributed by atoms with Crippen LogP contribution in [0.1, 0.15) is 12.8 Å². The number of primary sulfonamides is 1. The fraction of sp³-hybridized carbons (Fsp3) is 1.00. The maximum atomic E-state index is 11.2. The predicted octanol–water partition coefficient (Wildman–Crippen LogP) is -0.787. The number of rotatable bonds is 8. The summed E-state index contributed by atoms with van der Waals surface area (Å²) < 4.78 is 45.6. The van der Waals surface area contributed by atoms with Crippen LogP contribution >= 0.6 is 11.6 Å². The van der Waals surface area contributed by atoms with Crippen molar-refractivity contribution in [3.8, 4) is 0 Å². The van der Waals surface area contributed by atoms with Crippen LogP contribution in [0.25, 0.3) is 0 Å². The SMILES string of the molecule is NS(=O)(=O)CCNS(=O)(=O)CCCCCl. The Hall–Kier alpha value is 0.110. The highest BCUT2D eigenvalue weighted by molar-refractivity contribution is 7.90. The summed E-state index contributed by atoms with van der Waals surface area (Å²) in [6.45, 7) is -0.192. The highest BCUT2D eigenvalue weighted by atomic mass is 35.5. The molecule has 0 aliphatic heterocycles. The molecular weight excluding hydrogens is 264 g/mol. The summed E-state index contributed by atoms with van der Waals surface area (Å²) >= 11 is 5.38. The third-order valence-corrected chi connectivity index (χ3v) is 4.02. The summed E-state index contributed by atoms with van der Waals surface area (Å²) in [7, 11) is -7.02. The zero-order valence-electron chi connectivity index (χ0n) is 8.15. The Morgan fingerprint density at radius 1 is 1.07 bits per heavy atom. The van der Waals surface area contributed by atoms with Gasteiger partial charge in [0.2, 0.25) is 20.0 Å². The molecule has 0 aromatic heterocycles. The highest BCUT2D eigenvalue weighted by Gasteiger charge is 2.10. The summed E-state index contributed by atoms with van der Waals surface area (Å²) in [5, 5.41) is 4.71. The molecule has 0 saturated heterocycles. The molecule has 0 aromatic carbocycles. The summed E-state index contributed by atoms with van der Waals surface area (Å²) in [5.74, 6) is -0.0429. The van der Waals surface area contributed by atoms with Gasteiger partial charge < -0.3 is 0 Å². The quantitative estimate of drug-likeness (QED) is 0.448. The third kappa shape index (κ3) is 10.4. The fourth-order valence-corrected chi connectivity index (χ4v) is 2.64. The first kappa shape index (κ1) is 15.1. The largest absolute Gasteiger partial charge is 0.229 e. The molecule has 0 saturated carbocycles. The molecule has 0 unspecified atom stereocenters. The molecule has 0 aliphatic rings. The Morgan fingerprint density at radius 3 is 2.13 bits per heavy atom. The van der Waals surface area contributed by atoms with Crippen molar-refractivity contribution < 1.29 is 16.8 Å². The Bertz CT molecular complexity index is 365. The van der Waals surface area contributed by atoms with E-state index in [0.717, 1.165) is 0 Å². The van der Waals surface area contributed by atoms with E-state index in [2.05, 4.69) is 4.72 Å². The highest BCUT2D eigenvalue weighted by Crippen LogP contribution is 1.96. The summed E-state index contributed by atoms with van der Waals surface area (Å²) in [6, 6.07) is 0. The predicted molar refractivity (Wildman–Crippen MR) is 59.7 cm³/mol. The van der Waals surface area contributed by atoms with Gasteiger partial charge in [-0.2, -0.15) is 0 Å². The number of nitrogens with one attached hydrogen (secondary N) is 1. The van der Waals surface area contributed by atoms with E-state index in [4.69, 9.17) is 16.7 Å². The van der Waals surface area contributed by atoms with Gasteiger partial charge in [-0.1, -0.05) is 0 Å². The van der Waals surface area contributed by atoms with Crippen LogP contribution < -0.4 is 9.86 Å². The van der Waals surface area contributed by atoms with Crippen LogP contribution in [0.3, 0.4) is 0 Å². The second-order valence-corrected chi connectivity index (χ2v) is 7.01. The number of unbranched alkanes of at least 4 members (excludes halogenated alkanes) is 1. The van der Waals surface area contributed by atoms with Gasteiger partial charge in [0.05, 0.1) is 11.5 Å². The van der Waals surface area contributed by atoms with Gasteiger partial charge in [0.15, 0.2) is 0 Å². The first-order chi connectivity index (χ1) is 6.77. The average molecular weight is 279 g/mol. The van der Waals surface area contributed by atoms with Gasteiger partial charge in [0.1, 0.15) is 0 Å². The second kappa shape index (κ2) is 6.64. The summed E-state index contributed by atoms with van der Waals surface area (Å²) in [6.07, 6.45) is 1.06. The first-order valence-electron chi connectivity index (χ1n) is 4.30. The van der Waals surface area contributed by atoms with E-state index in [0.29, 0.717) is 18.7 Å². The fourth-order valence-electron chi connectivity index (χ4n) is 0.798. The van der Waals surface area contributed by atoms with Crippen LogP contribution in [0.2, 0.25) is 0 Å². The zero-order valence-corrected chi connectivity index (χ0v) is 10.5. The molecule has 0 heterocycles. The van der Waals surface area contributed by atoms with E-state index in [-0.39, 0.29) is 12.3 Å². The monoisotopic (exact) mass is 278 g/mol. The van der Waals surface area contributed by atoms with Gasteiger partial charge in [-0.25, -0.2) is 26.7 Å². The Morgan fingerprint density at radius 2 is 1.67 bits per heavy atom. The van der Waals surface area contributed by atoms with E-state index in [1.165, 1.54) is 0 Å². The lowest BCUT2D eigenvalue weighted by atomic mass is 10.4. The molecule has 0 amide bonds. The molecule has 9 heteroatoms. The number of sulfonamides is 2. The molecule has 0 fully saturated rings. The van der Waals surface area contributed by atoms with Crippen molar-refractivity contribution in [2.75, 3.05) is 23.9 Å². The molecule has 3 N–H and O–H groups in total. The molecule has 6 nitrogen and oxygen atoms in total. The van der Waals surface area contributed by atoms with Gasteiger partial charge in [-0.05, 0) is 12.8 Å². The molecule has 0 bridgehead atoms. The van der Waals surface area contributed by atoms with Crippen molar-refractivity contribution in [3.05, 3.63) is 0 Å². The van der Waals surface area contributed by atoms with E-state index in [1.807, 2.05) is 0 Å². The van der Waals surface area contributed by atoms with Gasteiger partial charge in [-0.3, -0.25) is 0 Å². The molecular formula is C6H15ClN2O4S2. The summed E-state index contributed by atoms with van der Waals surface area (Å²) in [4.78, 5) is 0. The van der Waals surface area contributed by atoms with Crippen LogP contribution in [0.5, 0.6) is 0 Å². The maximum absolute atomic E-state index is 11.2. The minimum atomic E-state index is -3.62. The first-order valence-corrected chi connectivity index (χ1v) is 8.21. The number of halogens is 1. The lowest BCUT2D eigenvalue weighted by Crippen LogP contribution is -2.33. The number of nitrogens with two attached hydrogens (primary N) is 1. The molecule has 0 aliphatic carbocycles. The Labute approximate surface area is 95.3 Å². The van der Waals surface area contributed by atoms with Crippen LogP contribution in [-0.4, -0.2) is 40.8 Å². The molecule has 15 heavy (non-hydrogen) atoms. The van der Waals surface area contributed by atoms with E-state index in [1.54, 1.807) is 0 Å². The topological polar surface area (TPSA) is 106 Å². The number of alkyl halides is 1. The molecule has 0 radical (unpaired) electrons. The van der Waals surface area contributed by atoms with Crippen LogP contribution in [0.15, 0.2) is 0 Å². The average Bonchev–Trinajstić information content (AvgIpc) is 2.01. The van der Waals surface area contributed by atoms with Crippen molar-refractivity contribution in [2.45, 2.75) is 12.8 Å². The second-order valence-electron chi connectivity index (χ2n) is 2.98. The lowest BCUT2D eigenvalue weighted by Gasteiger charge is -2.04. The van der Waals surface area contributed by atoms with E-state index < -0.39 is 25.8 Å². The van der Waals surface area contributed by atoms with Crippen LogP contribution in [0.4, 0.5) is 0 Å². The smallest absolute Gasteiger partial charge is 0.211 e. The van der Waals surface area contributed by atoms with Crippen molar-refractivity contribution in [1.82, 2.24) is 4.72 Å². The third-order valence-electron chi connectivity index (χ3n) is 1.51. The molecule has 0 spiro atoms. The van der Waals surface area contributed by atoms with Gasteiger partial charge in [0.25, 0.3) is 0 Å². The normalized spacial score (nSPS) is 12.9. The number of hydrogen-bond acceptors (Lipinski definition) is 4. The van der Waals surface area contributed by atoms with Crippen LogP contribution in [0, 0.1) is 0 Å². The zero-order chi connectivity index (χ0) is 11.9. The minimum absolute atomic E-state index is 0.0513. The van der Waals surface area contributed by atoms with Crippen molar-refractivity contribution in [1.29, 1.82) is 0 Å². The van der Waals surface area contributed by atoms with Crippen molar-refractivity contribution in [3.63, 3.8) is 0 Å². The van der Waals surface area contributed by atoms with E-state index >= 15 is 0 Å². The van der Waals surface area contributed by atoms with Gasteiger partial charge in [-0.15, -0.1) is 11.6 Å². The Kier molecular flexibility index (Phi) is 6.69. The van der Waals surface area contributed by atoms with Crippen LogP contribution in [-0.2, 0) is 20.0 Å². The van der Waals surface area contributed by atoms with Gasteiger partial charge in [0, 0.05) is 12.4 Å². The molecule has 0 aromatic rings. The molecule has 0 atom stereocenters. The molecule has 92 valence electrons. The molecule has 0 rings (SSSR count). The lowest BCUT2D eigenvalue weighted by molar-refractivity contribution is 0.578. The Balaban J connectivity index is 3.85.